The Morgan fingerprint density at radius 1 is 0.920 bits per heavy atom. The highest BCUT2D eigenvalue weighted by Crippen LogP contribution is 2.30. The Labute approximate surface area is 148 Å². The molecule has 0 N–H and O–H groups in total. The van der Waals surface area contributed by atoms with Crippen LogP contribution in [0, 0.1) is 20.8 Å². The molecule has 0 amide bonds. The predicted octanol–water partition coefficient (Wildman–Crippen LogP) is 5.08. The molecule has 1 radical (unpaired) electrons. The Hall–Kier alpha value is -2.94. The van der Waals surface area contributed by atoms with Gasteiger partial charge in [0.1, 0.15) is 11.3 Å². The Morgan fingerprint density at radius 3 is 2.32 bits per heavy atom. The summed E-state index contributed by atoms with van der Waals surface area (Å²) < 4.78 is 2.22. The molecule has 123 valence electrons. The maximum absolute atomic E-state index is 4.93. The molecular formula is C22H20N3. The molecule has 4 aromatic rings. The molecule has 2 heterocycles. The van der Waals surface area contributed by atoms with Gasteiger partial charge in [0.2, 0.25) is 0 Å². The van der Waals surface area contributed by atoms with Gasteiger partial charge in [-0.15, -0.1) is 0 Å². The Morgan fingerprint density at radius 2 is 1.64 bits per heavy atom. The molecule has 2 aromatic heterocycles. The van der Waals surface area contributed by atoms with Gasteiger partial charge in [-0.05, 0) is 51.0 Å². The van der Waals surface area contributed by atoms with Gasteiger partial charge in [-0.3, -0.25) is 9.55 Å². The van der Waals surface area contributed by atoms with Gasteiger partial charge in [0.05, 0.1) is 11.2 Å². The molecule has 0 fully saturated rings. The standard InChI is InChI=1S/C22H20N3/c1-4-17-10-12-19(13-11-17)25-20-14-15(2)23-16(3)21(20)24-22(25)18-8-6-5-7-9-18/h5-14H,1,4H2,2-3H3. The van der Waals surface area contributed by atoms with Gasteiger partial charge >= 0.3 is 0 Å². The lowest BCUT2D eigenvalue weighted by Crippen LogP contribution is -1.98. The van der Waals surface area contributed by atoms with Gasteiger partial charge in [0.15, 0.2) is 0 Å². The third-order valence-electron chi connectivity index (χ3n) is 4.46. The topological polar surface area (TPSA) is 30.7 Å². The fraction of sp³-hybridized carbons (Fsp3) is 0.136. The van der Waals surface area contributed by atoms with Crippen LogP contribution in [0.4, 0.5) is 0 Å². The highest BCUT2D eigenvalue weighted by Gasteiger charge is 2.16. The fourth-order valence-corrected chi connectivity index (χ4v) is 3.23. The van der Waals surface area contributed by atoms with E-state index in [2.05, 4.69) is 58.9 Å². The smallest absolute Gasteiger partial charge is 0.145 e. The number of aromatic nitrogens is 3. The SMILES string of the molecule is [CH2]Cc1ccc(-n2c(-c3ccccc3)nc3c(C)nc(C)cc32)cc1. The van der Waals surface area contributed by atoms with Crippen molar-refractivity contribution >= 4 is 11.0 Å². The number of nitrogens with zero attached hydrogens (tertiary/aromatic N) is 3. The Kier molecular flexibility index (Phi) is 3.85. The quantitative estimate of drug-likeness (QED) is 0.525. The minimum absolute atomic E-state index is 0.790. The van der Waals surface area contributed by atoms with Crippen LogP contribution in [0.25, 0.3) is 28.1 Å². The summed E-state index contributed by atoms with van der Waals surface area (Å²) in [6.45, 7) is 8.01. The van der Waals surface area contributed by atoms with Crippen molar-refractivity contribution in [3.63, 3.8) is 0 Å². The molecule has 25 heavy (non-hydrogen) atoms. The summed E-state index contributed by atoms with van der Waals surface area (Å²) in [5.41, 5.74) is 7.42. The van der Waals surface area contributed by atoms with E-state index in [9.17, 15) is 0 Å². The van der Waals surface area contributed by atoms with Crippen molar-refractivity contribution in [1.82, 2.24) is 14.5 Å². The molecule has 3 nitrogen and oxygen atoms in total. The minimum atomic E-state index is 0.790. The van der Waals surface area contributed by atoms with Crippen molar-refractivity contribution in [2.75, 3.05) is 0 Å². The monoisotopic (exact) mass is 326 g/mol. The molecule has 0 atom stereocenters. The summed E-state index contributed by atoms with van der Waals surface area (Å²) in [6, 6.07) is 20.9. The van der Waals surface area contributed by atoms with E-state index in [-0.39, 0.29) is 0 Å². The van der Waals surface area contributed by atoms with Crippen molar-refractivity contribution < 1.29 is 0 Å². The van der Waals surface area contributed by atoms with Crippen molar-refractivity contribution in [1.29, 1.82) is 0 Å². The second kappa shape index (κ2) is 6.17. The summed E-state index contributed by atoms with van der Waals surface area (Å²) in [5.74, 6) is 0.938. The Balaban J connectivity index is 2.05. The highest BCUT2D eigenvalue weighted by atomic mass is 15.1. The van der Waals surface area contributed by atoms with Crippen LogP contribution in [0.3, 0.4) is 0 Å². The highest BCUT2D eigenvalue weighted by molar-refractivity contribution is 5.85. The molecule has 4 rings (SSSR count). The molecular weight excluding hydrogens is 306 g/mol. The maximum Gasteiger partial charge on any atom is 0.145 e. The van der Waals surface area contributed by atoms with E-state index in [1.165, 1.54) is 5.56 Å². The number of benzene rings is 2. The first-order chi connectivity index (χ1) is 12.2. The summed E-state index contributed by atoms with van der Waals surface area (Å²) in [7, 11) is 0. The first kappa shape index (κ1) is 15.6. The van der Waals surface area contributed by atoms with E-state index in [0.717, 1.165) is 45.9 Å². The minimum Gasteiger partial charge on any atom is -0.292 e. The molecule has 0 bridgehead atoms. The van der Waals surface area contributed by atoms with Crippen LogP contribution in [0.5, 0.6) is 0 Å². The number of pyridine rings is 1. The first-order valence-electron chi connectivity index (χ1n) is 8.48. The summed E-state index contributed by atoms with van der Waals surface area (Å²) in [4.78, 5) is 9.52. The van der Waals surface area contributed by atoms with E-state index in [1.807, 2.05) is 32.0 Å². The van der Waals surface area contributed by atoms with Crippen LogP contribution < -0.4 is 0 Å². The second-order valence-corrected chi connectivity index (χ2v) is 6.27. The van der Waals surface area contributed by atoms with E-state index >= 15 is 0 Å². The average Bonchev–Trinajstić information content (AvgIpc) is 3.02. The van der Waals surface area contributed by atoms with Gasteiger partial charge < -0.3 is 0 Å². The van der Waals surface area contributed by atoms with Crippen molar-refractivity contribution in [3.8, 4) is 17.1 Å². The van der Waals surface area contributed by atoms with E-state index in [0.29, 0.717) is 0 Å². The van der Waals surface area contributed by atoms with E-state index in [4.69, 9.17) is 4.98 Å². The predicted molar refractivity (Wildman–Crippen MR) is 103 cm³/mol. The van der Waals surface area contributed by atoms with Crippen LogP contribution in [0.15, 0.2) is 60.7 Å². The molecule has 0 saturated carbocycles. The zero-order chi connectivity index (χ0) is 17.4. The number of imidazole rings is 1. The lowest BCUT2D eigenvalue weighted by Gasteiger charge is -2.10. The summed E-state index contributed by atoms with van der Waals surface area (Å²) >= 11 is 0. The van der Waals surface area contributed by atoms with Gasteiger partial charge in [0.25, 0.3) is 0 Å². The van der Waals surface area contributed by atoms with Crippen molar-refractivity contribution in [2.24, 2.45) is 0 Å². The second-order valence-electron chi connectivity index (χ2n) is 6.27. The molecule has 3 heteroatoms. The average molecular weight is 326 g/mol. The van der Waals surface area contributed by atoms with Gasteiger partial charge in [-0.25, -0.2) is 4.98 Å². The molecule has 0 aliphatic heterocycles. The van der Waals surface area contributed by atoms with Crippen LogP contribution in [-0.4, -0.2) is 14.5 Å². The van der Waals surface area contributed by atoms with Gasteiger partial charge in [0, 0.05) is 16.9 Å². The third kappa shape index (κ3) is 2.72. The van der Waals surface area contributed by atoms with Gasteiger partial charge in [-0.2, -0.15) is 0 Å². The van der Waals surface area contributed by atoms with Crippen LogP contribution in [0.1, 0.15) is 17.0 Å². The molecule has 0 unspecified atom stereocenters. The zero-order valence-electron chi connectivity index (χ0n) is 14.5. The van der Waals surface area contributed by atoms with E-state index in [1.54, 1.807) is 0 Å². The zero-order valence-corrected chi connectivity index (χ0v) is 14.5. The van der Waals surface area contributed by atoms with Crippen molar-refractivity contribution in [3.05, 3.63) is 84.5 Å². The molecule has 0 spiro atoms. The molecule has 2 aromatic carbocycles. The number of aryl methyl sites for hydroxylation is 2. The van der Waals surface area contributed by atoms with Crippen LogP contribution in [-0.2, 0) is 6.42 Å². The lowest BCUT2D eigenvalue weighted by molar-refractivity contribution is 1.09. The number of rotatable bonds is 3. The van der Waals surface area contributed by atoms with Crippen LogP contribution >= 0.6 is 0 Å². The number of hydrogen-bond donors (Lipinski definition) is 0. The molecule has 0 aliphatic carbocycles. The van der Waals surface area contributed by atoms with Crippen LogP contribution in [0.2, 0.25) is 0 Å². The lowest BCUT2D eigenvalue weighted by atomic mass is 10.1. The third-order valence-corrected chi connectivity index (χ3v) is 4.46. The fourth-order valence-electron chi connectivity index (χ4n) is 3.23. The first-order valence-corrected chi connectivity index (χ1v) is 8.48. The number of fused-ring (bicyclic) bond motifs is 1. The maximum atomic E-state index is 4.93. The number of hydrogen-bond acceptors (Lipinski definition) is 2. The van der Waals surface area contributed by atoms with Crippen molar-refractivity contribution in [2.45, 2.75) is 20.3 Å². The normalized spacial score (nSPS) is 11.2. The molecule has 0 aliphatic rings. The Bertz CT molecular complexity index is 1030. The summed E-state index contributed by atoms with van der Waals surface area (Å²) in [5, 5.41) is 0. The van der Waals surface area contributed by atoms with E-state index < -0.39 is 0 Å². The summed E-state index contributed by atoms with van der Waals surface area (Å²) in [6.07, 6.45) is 0.790. The molecule has 0 saturated heterocycles. The van der Waals surface area contributed by atoms with Gasteiger partial charge in [-0.1, -0.05) is 42.5 Å². The largest absolute Gasteiger partial charge is 0.292 e.